The van der Waals surface area contributed by atoms with E-state index in [1.54, 1.807) is 0 Å². The van der Waals surface area contributed by atoms with Crippen molar-refractivity contribution in [2.45, 2.75) is 0 Å². The van der Waals surface area contributed by atoms with E-state index < -0.39 is 0 Å². The molecule has 0 spiro atoms. The Balaban J connectivity index is 1.38. The van der Waals surface area contributed by atoms with Gasteiger partial charge in [0.1, 0.15) is 0 Å². The van der Waals surface area contributed by atoms with E-state index in [9.17, 15) is 0 Å². The second-order valence-corrected chi connectivity index (χ2v) is 14.9. The Labute approximate surface area is 328 Å². The average molecular weight is 726 g/mol. The van der Waals surface area contributed by atoms with Gasteiger partial charge in [0.2, 0.25) is 0 Å². The van der Waals surface area contributed by atoms with E-state index in [2.05, 4.69) is 226 Å². The summed E-state index contributed by atoms with van der Waals surface area (Å²) in [6.45, 7) is 0. The minimum Gasteiger partial charge on any atom is -0.309 e. The van der Waals surface area contributed by atoms with Gasteiger partial charge in [0.15, 0.2) is 0 Å². The Bertz CT molecular complexity index is 3570. The predicted octanol–water partition coefficient (Wildman–Crippen LogP) is 14.4. The summed E-state index contributed by atoms with van der Waals surface area (Å²) in [7, 11) is 0. The normalized spacial score (nSPS) is 11.9. The van der Waals surface area contributed by atoms with Gasteiger partial charge >= 0.3 is 0 Å². The van der Waals surface area contributed by atoms with Crippen LogP contribution < -0.4 is 0 Å². The molecule has 0 aliphatic carbocycles. The Morgan fingerprint density at radius 3 is 1.09 bits per heavy atom. The van der Waals surface area contributed by atoms with Gasteiger partial charge in [-0.05, 0) is 104 Å². The van der Waals surface area contributed by atoms with Crippen molar-refractivity contribution in [3.05, 3.63) is 212 Å². The molecule has 0 bridgehead atoms. The van der Waals surface area contributed by atoms with Gasteiger partial charge in [0.25, 0.3) is 0 Å². The lowest BCUT2D eigenvalue weighted by Crippen LogP contribution is -2.08. The van der Waals surface area contributed by atoms with Gasteiger partial charge in [0, 0.05) is 27.5 Å². The molecule has 3 nitrogen and oxygen atoms in total. The summed E-state index contributed by atoms with van der Waals surface area (Å²) in [5, 5.41) is 12.2. The van der Waals surface area contributed by atoms with E-state index in [1.165, 1.54) is 64.9 Å². The van der Waals surface area contributed by atoms with Crippen LogP contribution >= 0.6 is 0 Å². The van der Waals surface area contributed by atoms with Gasteiger partial charge in [-0.2, -0.15) is 0 Å². The number of aromatic nitrogens is 3. The fourth-order valence-electron chi connectivity index (χ4n) is 9.50. The van der Waals surface area contributed by atoms with Crippen molar-refractivity contribution in [2.75, 3.05) is 0 Å². The number of fused-ring (bicyclic) bond motifs is 13. The minimum atomic E-state index is 1.12. The standard InChI is InChI=1S/C54H35N3/c1-3-18-36(19-4-1)55-49-31-15-16-32-50(49)56(37-20-5-2-6-21-37)53-35-46-44-28-17-33-51(57-47-29-13-11-25-41(47)42-26-12-14-30-48(42)57)54(44)43-27-10-9-23-39(43)38-22-7-8-24-40(38)45(46)34-52(53)55/h1-35H. The molecule has 0 saturated heterocycles. The third-order valence-corrected chi connectivity index (χ3v) is 11.8. The largest absolute Gasteiger partial charge is 0.309 e. The van der Waals surface area contributed by atoms with E-state index in [4.69, 9.17) is 0 Å². The van der Waals surface area contributed by atoms with Crippen LogP contribution in [0.15, 0.2) is 212 Å². The molecule has 0 fully saturated rings. The molecular formula is C54H35N3. The summed E-state index contributed by atoms with van der Waals surface area (Å²) in [5.41, 5.74) is 10.3. The summed E-state index contributed by atoms with van der Waals surface area (Å²) < 4.78 is 7.37. The van der Waals surface area contributed by atoms with Crippen LogP contribution in [0.5, 0.6) is 0 Å². The van der Waals surface area contributed by atoms with Crippen LogP contribution in [0, 0.1) is 0 Å². The lowest BCUT2D eigenvalue weighted by molar-refractivity contribution is 1.09. The molecule has 0 aliphatic heterocycles. The molecule has 266 valence electrons. The van der Waals surface area contributed by atoms with E-state index in [0.29, 0.717) is 0 Å². The zero-order valence-electron chi connectivity index (χ0n) is 31.0. The van der Waals surface area contributed by atoms with Crippen molar-refractivity contribution >= 4 is 87.0 Å². The molecule has 2 heterocycles. The molecule has 2 aromatic heterocycles. The Morgan fingerprint density at radius 1 is 0.211 bits per heavy atom. The van der Waals surface area contributed by atoms with Crippen molar-refractivity contribution in [1.82, 2.24) is 13.7 Å². The first kappa shape index (κ1) is 31.7. The van der Waals surface area contributed by atoms with Crippen LogP contribution in [-0.2, 0) is 0 Å². The molecule has 0 unspecified atom stereocenters. The van der Waals surface area contributed by atoms with Crippen LogP contribution in [0.1, 0.15) is 0 Å². The summed E-state index contributed by atoms with van der Waals surface area (Å²) in [4.78, 5) is 0. The van der Waals surface area contributed by atoms with E-state index in [-0.39, 0.29) is 0 Å². The molecule has 0 N–H and O–H groups in total. The van der Waals surface area contributed by atoms with Crippen molar-refractivity contribution in [2.24, 2.45) is 0 Å². The molecule has 12 aromatic rings. The maximum Gasteiger partial charge on any atom is 0.0709 e. The summed E-state index contributed by atoms with van der Waals surface area (Å²) in [5.74, 6) is 0. The molecule has 10 aromatic carbocycles. The van der Waals surface area contributed by atoms with Crippen LogP contribution in [0.4, 0.5) is 0 Å². The van der Waals surface area contributed by atoms with Crippen LogP contribution in [0.2, 0.25) is 0 Å². The van der Waals surface area contributed by atoms with Gasteiger partial charge in [-0.25, -0.2) is 0 Å². The smallest absolute Gasteiger partial charge is 0.0709 e. The average Bonchev–Trinajstić information content (AvgIpc) is 3.62. The second-order valence-electron chi connectivity index (χ2n) is 14.9. The third-order valence-electron chi connectivity index (χ3n) is 11.8. The maximum atomic E-state index is 2.48. The van der Waals surface area contributed by atoms with Crippen molar-refractivity contribution in [1.29, 1.82) is 0 Å². The van der Waals surface area contributed by atoms with Crippen molar-refractivity contribution in [3.8, 4) is 17.1 Å². The number of hydrogen-bond donors (Lipinski definition) is 0. The lowest BCUT2D eigenvalue weighted by atomic mass is 9.93. The molecule has 0 radical (unpaired) electrons. The van der Waals surface area contributed by atoms with Crippen LogP contribution in [0.25, 0.3) is 104 Å². The fraction of sp³-hybridized carbons (Fsp3) is 0. The van der Waals surface area contributed by atoms with Crippen molar-refractivity contribution < 1.29 is 0 Å². The number of para-hydroxylation sites is 6. The molecule has 0 amide bonds. The number of benzene rings is 9. The molecule has 0 atom stereocenters. The van der Waals surface area contributed by atoms with Gasteiger partial charge in [-0.3, -0.25) is 0 Å². The summed E-state index contributed by atoms with van der Waals surface area (Å²) in [6, 6.07) is 77.8. The summed E-state index contributed by atoms with van der Waals surface area (Å²) >= 11 is 0. The summed E-state index contributed by atoms with van der Waals surface area (Å²) in [6.07, 6.45) is 0. The molecule has 0 aliphatic rings. The van der Waals surface area contributed by atoms with Gasteiger partial charge in [-0.15, -0.1) is 0 Å². The quantitative estimate of drug-likeness (QED) is 0.161. The van der Waals surface area contributed by atoms with E-state index in [1.807, 2.05) is 0 Å². The molecular weight excluding hydrogens is 691 g/mol. The monoisotopic (exact) mass is 725 g/mol. The SMILES string of the molecule is c1ccc(-n2c3ccccc3n(-c3ccccc3)c3cc4c(cc32)c2ccccc2c2ccccc2c2c(-n3c5ccccc5c5ccccc53)cccc42)cc1. The predicted molar refractivity (Wildman–Crippen MR) is 242 cm³/mol. The Kier molecular flexibility index (Phi) is 6.93. The highest BCUT2D eigenvalue weighted by Gasteiger charge is 2.20. The van der Waals surface area contributed by atoms with Gasteiger partial charge < -0.3 is 13.7 Å². The lowest BCUT2D eigenvalue weighted by Gasteiger charge is -2.23. The van der Waals surface area contributed by atoms with Crippen LogP contribution in [-0.4, -0.2) is 13.7 Å². The van der Waals surface area contributed by atoms with Crippen LogP contribution in [0.3, 0.4) is 0 Å². The van der Waals surface area contributed by atoms with Gasteiger partial charge in [-0.1, -0.05) is 146 Å². The highest BCUT2D eigenvalue weighted by Crippen LogP contribution is 2.43. The highest BCUT2D eigenvalue weighted by molar-refractivity contribution is 6.29. The number of nitrogens with zero attached hydrogens (tertiary/aromatic N) is 3. The second kappa shape index (κ2) is 12.5. The van der Waals surface area contributed by atoms with E-state index in [0.717, 1.165) is 39.1 Å². The zero-order valence-corrected chi connectivity index (χ0v) is 31.0. The topological polar surface area (TPSA) is 14.8 Å². The zero-order chi connectivity index (χ0) is 37.5. The van der Waals surface area contributed by atoms with E-state index >= 15 is 0 Å². The Hall–Kier alpha value is -7.62. The maximum absolute atomic E-state index is 2.48. The number of hydrogen-bond acceptors (Lipinski definition) is 0. The highest BCUT2D eigenvalue weighted by atomic mass is 15.1. The first-order valence-electron chi connectivity index (χ1n) is 19.6. The third kappa shape index (κ3) is 4.66. The number of rotatable bonds is 3. The first-order valence-corrected chi connectivity index (χ1v) is 19.6. The van der Waals surface area contributed by atoms with Crippen molar-refractivity contribution in [3.63, 3.8) is 0 Å². The van der Waals surface area contributed by atoms with Gasteiger partial charge in [0.05, 0.1) is 38.8 Å². The molecule has 3 heteroatoms. The first-order chi connectivity index (χ1) is 28.3. The molecule has 12 rings (SSSR count). The molecule has 0 saturated carbocycles. The fourth-order valence-corrected chi connectivity index (χ4v) is 9.50. The molecule has 57 heavy (non-hydrogen) atoms. The Morgan fingerprint density at radius 2 is 0.561 bits per heavy atom. The minimum absolute atomic E-state index is 1.12.